The Kier molecular flexibility index (Phi) is 9.15. The van der Waals surface area contributed by atoms with E-state index in [1.165, 1.54) is 0 Å². The van der Waals surface area contributed by atoms with Crippen LogP contribution in [-0.2, 0) is 15.6 Å². The van der Waals surface area contributed by atoms with Crippen molar-refractivity contribution in [2.75, 3.05) is 0 Å². The van der Waals surface area contributed by atoms with Crippen LogP contribution in [0.3, 0.4) is 0 Å². The number of hydrogen-bond donors (Lipinski definition) is 3. The molecule has 0 saturated carbocycles. The highest BCUT2D eigenvalue weighted by atomic mass is 35.6. The molecule has 0 aromatic carbocycles. The number of halogens is 2. The fourth-order valence-electron chi connectivity index (χ4n) is 0. The predicted octanol–water partition coefficient (Wildman–Crippen LogP) is 0.498. The van der Waals surface area contributed by atoms with E-state index in [1.54, 1.807) is 0 Å². The van der Waals surface area contributed by atoms with Crippen LogP contribution in [0.1, 0.15) is 0 Å². The highest BCUT2D eigenvalue weighted by Crippen LogP contribution is 2.26. The average molecular weight is 201 g/mol. The average Bonchev–Trinajstić information content (AvgIpc) is 1.27. The zero-order valence-corrected chi connectivity index (χ0v) is 6.58. The molecule has 0 unspecified atom stereocenters. The molecular formula is H3Cl2O4PS. The molecule has 0 amide bonds. The van der Waals surface area contributed by atoms with E-state index >= 15 is 0 Å². The van der Waals surface area contributed by atoms with Gasteiger partial charge in [-0.2, -0.15) is 3.84 Å². The van der Waals surface area contributed by atoms with Crippen molar-refractivity contribution >= 4 is 42.3 Å². The van der Waals surface area contributed by atoms with Gasteiger partial charge in [-0.05, 0) is 11.8 Å². The summed E-state index contributed by atoms with van der Waals surface area (Å²) in [6.45, 7) is -3.81. The highest BCUT2D eigenvalue weighted by Gasteiger charge is 1.92. The molecule has 0 radical (unpaired) electrons. The minimum Gasteiger partial charge on any atom is -0.325 e. The van der Waals surface area contributed by atoms with Gasteiger partial charge in [0.15, 0.2) is 0 Å². The Labute approximate surface area is 61.2 Å². The Morgan fingerprint density at radius 2 is 1.25 bits per heavy atom. The summed E-state index contributed by atoms with van der Waals surface area (Å²) in [4.78, 5) is 22.7. The fraction of sp³-hybridized carbons (Fsp3) is 0. The number of hydrogen-bond acceptors (Lipinski definition) is 2. The molecule has 8 heavy (non-hydrogen) atoms. The third-order valence-electron chi connectivity index (χ3n) is 0. The van der Waals surface area contributed by atoms with E-state index in [-0.39, 0.29) is 0 Å². The maximum absolute atomic E-state index is 7.56. The summed E-state index contributed by atoms with van der Waals surface area (Å²) in [6, 6.07) is 0. The monoisotopic (exact) mass is 200 g/mol. The third kappa shape index (κ3) is 228. The third-order valence-corrected chi connectivity index (χ3v) is 0. The summed E-state index contributed by atoms with van der Waals surface area (Å²) >= 11 is 12.1. The molecule has 0 aromatic heterocycles. The molecule has 0 aliphatic rings. The van der Waals surface area contributed by atoms with E-state index in [2.05, 4.69) is 39.4 Å². The van der Waals surface area contributed by atoms with Gasteiger partial charge in [0.1, 0.15) is 0 Å². The highest BCUT2D eigenvalue weighted by molar-refractivity contribution is 8.06. The first-order valence-electron chi connectivity index (χ1n) is 1.09. The van der Waals surface area contributed by atoms with E-state index in [0.29, 0.717) is 0 Å². The Hall–Kier alpha value is 1.07. The second-order valence-electron chi connectivity index (χ2n) is 0.572. The van der Waals surface area contributed by atoms with E-state index in [4.69, 9.17) is 14.7 Å². The van der Waals surface area contributed by atoms with Crippen molar-refractivity contribution in [2.24, 2.45) is 0 Å². The topological polar surface area (TPSA) is 69.9 Å². The van der Waals surface area contributed by atoms with Gasteiger partial charge in [-0.25, -0.2) is 0 Å². The molecule has 0 aliphatic carbocycles. The molecule has 0 aliphatic heterocycles. The van der Waals surface area contributed by atoms with Crippen molar-refractivity contribution in [3.8, 4) is 0 Å². The summed E-state index contributed by atoms with van der Waals surface area (Å²) in [5.74, 6) is 0. The first-order valence-corrected chi connectivity index (χ1v) is 4.37. The van der Waals surface area contributed by atoms with Crippen molar-refractivity contribution < 1.29 is 18.5 Å². The summed E-state index contributed by atoms with van der Waals surface area (Å²) in [5.41, 5.74) is 0. The molecule has 0 saturated heterocycles. The molecule has 0 aromatic rings. The van der Waals surface area contributed by atoms with E-state index in [9.17, 15) is 0 Å². The van der Waals surface area contributed by atoms with Gasteiger partial charge >= 0.3 is 6.72 Å². The van der Waals surface area contributed by atoms with Gasteiger partial charge in [0.2, 0.25) is 0 Å². The molecule has 0 spiro atoms. The maximum atomic E-state index is 7.56. The largest absolute Gasteiger partial charge is 0.325 e. The normalized spacial score (nSPS) is 9.62. The molecule has 4 nitrogen and oxygen atoms in total. The summed E-state index contributed by atoms with van der Waals surface area (Å²) in [7, 11) is 0. The first kappa shape index (κ1) is 11.8. The summed E-state index contributed by atoms with van der Waals surface area (Å²) < 4.78 is 3.19. The van der Waals surface area contributed by atoms with Crippen molar-refractivity contribution in [3.63, 3.8) is 0 Å². The zero-order chi connectivity index (χ0) is 7.21. The summed E-state index contributed by atoms with van der Waals surface area (Å²) in [6.07, 6.45) is 0. The standard InChI is InChI=1S/Cl2O.H3O3PS/c1-3-2;1-4(2,3)5/h;(H3,1,2,3,5). The number of rotatable bonds is 0. The van der Waals surface area contributed by atoms with Crippen LogP contribution in [0.5, 0.6) is 0 Å². The van der Waals surface area contributed by atoms with Crippen molar-refractivity contribution in [3.05, 3.63) is 0 Å². The van der Waals surface area contributed by atoms with Gasteiger partial charge in [-0.3, -0.25) is 0 Å². The first-order chi connectivity index (χ1) is 3.41. The van der Waals surface area contributed by atoms with E-state index in [1.807, 2.05) is 0 Å². The Balaban J connectivity index is 0. The molecule has 3 N–H and O–H groups in total. The second-order valence-corrected chi connectivity index (χ2v) is 3.53. The lowest BCUT2D eigenvalue weighted by Crippen LogP contribution is -1.65. The van der Waals surface area contributed by atoms with Gasteiger partial charge in [-0.15, -0.1) is 0 Å². The van der Waals surface area contributed by atoms with Crippen molar-refractivity contribution in [1.82, 2.24) is 0 Å². The SMILES string of the molecule is ClOCl.OP(O)(O)=S. The molecule has 52 valence electrons. The smallest absolute Gasteiger partial charge is 0.319 e. The van der Waals surface area contributed by atoms with E-state index in [0.717, 1.165) is 0 Å². The lowest BCUT2D eigenvalue weighted by Gasteiger charge is -1.88. The minimum absolute atomic E-state index is 3.19. The lowest BCUT2D eigenvalue weighted by atomic mass is 15.8. The minimum atomic E-state index is -3.81. The molecule has 0 fully saturated rings. The molecule has 0 bridgehead atoms. The molecule has 0 heterocycles. The Morgan fingerprint density at radius 3 is 1.25 bits per heavy atom. The second kappa shape index (κ2) is 6.19. The van der Waals surface area contributed by atoms with Crippen molar-refractivity contribution in [1.29, 1.82) is 0 Å². The van der Waals surface area contributed by atoms with Gasteiger partial charge in [0, 0.05) is 0 Å². The van der Waals surface area contributed by atoms with Crippen LogP contribution >= 0.6 is 30.5 Å². The Morgan fingerprint density at radius 1 is 1.25 bits per heavy atom. The van der Waals surface area contributed by atoms with Crippen molar-refractivity contribution in [2.45, 2.75) is 0 Å². The maximum Gasteiger partial charge on any atom is 0.319 e. The molecular weight excluding hydrogens is 198 g/mol. The van der Waals surface area contributed by atoms with Crippen LogP contribution in [0.15, 0.2) is 0 Å². The van der Waals surface area contributed by atoms with Crippen LogP contribution in [-0.4, -0.2) is 14.7 Å². The fourth-order valence-corrected chi connectivity index (χ4v) is 0. The quantitative estimate of drug-likeness (QED) is 0.497. The lowest BCUT2D eigenvalue weighted by molar-refractivity contribution is 0.363. The molecule has 0 rings (SSSR count). The van der Waals surface area contributed by atoms with Crippen LogP contribution in [0.4, 0.5) is 0 Å². The van der Waals surface area contributed by atoms with Gasteiger partial charge < -0.3 is 14.7 Å². The Bertz CT molecular complexity index is 69.8. The van der Waals surface area contributed by atoms with Gasteiger partial charge in [0.25, 0.3) is 0 Å². The molecule has 0 atom stereocenters. The summed E-state index contributed by atoms with van der Waals surface area (Å²) in [5, 5.41) is 0. The van der Waals surface area contributed by atoms with Crippen LogP contribution < -0.4 is 0 Å². The van der Waals surface area contributed by atoms with Gasteiger partial charge in [0.05, 0.1) is 23.7 Å². The van der Waals surface area contributed by atoms with Gasteiger partial charge in [-0.1, -0.05) is 0 Å². The van der Waals surface area contributed by atoms with E-state index < -0.39 is 6.72 Å². The van der Waals surface area contributed by atoms with Crippen LogP contribution in [0.2, 0.25) is 0 Å². The molecule has 8 heteroatoms. The van der Waals surface area contributed by atoms with Crippen LogP contribution in [0, 0.1) is 0 Å². The predicted molar refractivity (Wildman–Crippen MR) is 33.7 cm³/mol. The zero-order valence-electron chi connectivity index (χ0n) is 3.36. The van der Waals surface area contributed by atoms with Crippen LogP contribution in [0.25, 0.3) is 0 Å².